The van der Waals surface area contributed by atoms with Crippen LogP contribution >= 0.6 is 11.6 Å². The predicted molar refractivity (Wildman–Crippen MR) is 87.0 cm³/mol. The molecule has 0 aliphatic heterocycles. The normalized spacial score (nSPS) is 21.0. The zero-order valence-corrected chi connectivity index (χ0v) is 13.8. The molecule has 8 heteroatoms. The Morgan fingerprint density at radius 2 is 1.92 bits per heavy atom. The minimum absolute atomic E-state index is 0.0249. The van der Waals surface area contributed by atoms with E-state index in [1.165, 1.54) is 12.8 Å². The third-order valence-corrected chi connectivity index (χ3v) is 4.76. The molecule has 0 amide bonds. The first-order valence-electron chi connectivity index (χ1n) is 8.23. The van der Waals surface area contributed by atoms with Gasteiger partial charge in [0, 0.05) is 37.1 Å². The first kappa shape index (κ1) is 15.7. The summed E-state index contributed by atoms with van der Waals surface area (Å²) in [5.41, 5.74) is 1.04. The van der Waals surface area contributed by atoms with Crippen LogP contribution < -0.4 is 5.32 Å². The Bertz CT molecular complexity index is 734. The molecule has 2 aromatic rings. The van der Waals surface area contributed by atoms with Crippen molar-refractivity contribution in [3.05, 3.63) is 29.2 Å². The fraction of sp³-hybridized carbons (Fsp3) is 0.562. The highest BCUT2D eigenvalue weighted by Crippen LogP contribution is 2.39. The number of anilines is 1. The van der Waals surface area contributed by atoms with Gasteiger partial charge in [0.25, 0.3) is 5.95 Å². The summed E-state index contributed by atoms with van der Waals surface area (Å²) in [6, 6.07) is 3.56. The fourth-order valence-corrected chi connectivity index (χ4v) is 3.20. The Labute approximate surface area is 143 Å². The maximum absolute atomic E-state index is 13.3. The smallest absolute Gasteiger partial charge is 0.253 e. The zero-order valence-electron chi connectivity index (χ0n) is 13.1. The highest BCUT2D eigenvalue weighted by atomic mass is 35.5. The van der Waals surface area contributed by atoms with E-state index in [9.17, 15) is 8.78 Å². The SMILES string of the molecule is FC1(F)CCC(Nc2cc(Cl)nc(-n3ccc(C4CC4)n3)n2)CC1. The number of hydrogen-bond donors (Lipinski definition) is 1. The molecule has 2 saturated carbocycles. The van der Waals surface area contributed by atoms with Crippen molar-refractivity contribution in [1.82, 2.24) is 19.7 Å². The van der Waals surface area contributed by atoms with Crippen LogP contribution in [0.25, 0.3) is 5.95 Å². The quantitative estimate of drug-likeness (QED) is 0.838. The Hall–Kier alpha value is -1.76. The average Bonchev–Trinajstić information content (AvgIpc) is 3.26. The van der Waals surface area contributed by atoms with Crippen LogP contribution in [0.2, 0.25) is 5.15 Å². The summed E-state index contributed by atoms with van der Waals surface area (Å²) in [5.74, 6) is -1.06. The van der Waals surface area contributed by atoms with Crippen LogP contribution in [-0.2, 0) is 0 Å². The molecule has 4 rings (SSSR count). The van der Waals surface area contributed by atoms with Crippen LogP contribution in [0, 0.1) is 0 Å². The van der Waals surface area contributed by atoms with Crippen molar-refractivity contribution in [2.24, 2.45) is 0 Å². The van der Waals surface area contributed by atoms with Crippen molar-refractivity contribution in [2.75, 3.05) is 5.32 Å². The molecule has 0 unspecified atom stereocenters. The maximum Gasteiger partial charge on any atom is 0.253 e. The van der Waals surface area contributed by atoms with Crippen molar-refractivity contribution < 1.29 is 8.78 Å². The standard InChI is InChI=1S/C16H18ClF2N5/c17-13-9-14(20-11-3-6-16(18,19)7-4-11)22-15(21-13)24-8-5-12(23-24)10-1-2-10/h5,8-11H,1-4,6-7H2,(H,20,21,22). The number of hydrogen-bond acceptors (Lipinski definition) is 4. The van der Waals surface area contributed by atoms with E-state index < -0.39 is 5.92 Å². The van der Waals surface area contributed by atoms with Crippen molar-refractivity contribution in [3.8, 4) is 5.95 Å². The van der Waals surface area contributed by atoms with Crippen molar-refractivity contribution in [1.29, 1.82) is 0 Å². The van der Waals surface area contributed by atoms with Gasteiger partial charge in [-0.2, -0.15) is 15.1 Å². The molecule has 1 N–H and O–H groups in total. The minimum Gasteiger partial charge on any atom is -0.367 e. The molecule has 0 aromatic carbocycles. The molecule has 0 bridgehead atoms. The predicted octanol–water partition coefficient (Wildman–Crippen LogP) is 4.18. The monoisotopic (exact) mass is 353 g/mol. The van der Waals surface area contributed by atoms with E-state index in [4.69, 9.17) is 11.6 Å². The van der Waals surface area contributed by atoms with Gasteiger partial charge in [-0.25, -0.2) is 13.5 Å². The highest BCUT2D eigenvalue weighted by molar-refractivity contribution is 6.29. The van der Waals surface area contributed by atoms with Crippen molar-refractivity contribution in [2.45, 2.75) is 56.4 Å². The second-order valence-corrected chi connectivity index (χ2v) is 7.00. The Balaban J connectivity index is 1.50. The molecule has 2 aromatic heterocycles. The minimum atomic E-state index is -2.54. The first-order chi connectivity index (χ1) is 11.5. The molecule has 2 aliphatic carbocycles. The van der Waals surface area contributed by atoms with Gasteiger partial charge in [0.05, 0.1) is 5.69 Å². The Morgan fingerprint density at radius 1 is 1.17 bits per heavy atom. The van der Waals surface area contributed by atoms with E-state index in [-0.39, 0.29) is 18.9 Å². The third-order valence-electron chi connectivity index (χ3n) is 4.56. The van der Waals surface area contributed by atoms with Gasteiger partial charge in [-0.15, -0.1) is 0 Å². The summed E-state index contributed by atoms with van der Waals surface area (Å²) >= 11 is 6.09. The molecule has 5 nitrogen and oxygen atoms in total. The highest BCUT2D eigenvalue weighted by Gasteiger charge is 2.35. The summed E-state index contributed by atoms with van der Waals surface area (Å²) in [4.78, 5) is 8.64. The summed E-state index contributed by atoms with van der Waals surface area (Å²) in [6.45, 7) is 0. The van der Waals surface area contributed by atoms with Crippen molar-refractivity contribution >= 4 is 17.4 Å². The largest absolute Gasteiger partial charge is 0.367 e. The molecule has 2 heterocycles. The number of nitrogens with zero attached hydrogens (tertiary/aromatic N) is 4. The molecule has 0 spiro atoms. The van der Waals surface area contributed by atoms with Crippen LogP contribution in [0.4, 0.5) is 14.6 Å². The van der Waals surface area contributed by atoms with E-state index in [1.807, 2.05) is 12.3 Å². The number of alkyl halides is 2. The second kappa shape index (κ2) is 5.95. The lowest BCUT2D eigenvalue weighted by atomic mass is 9.92. The van der Waals surface area contributed by atoms with Gasteiger partial charge >= 0.3 is 0 Å². The molecule has 0 saturated heterocycles. The van der Waals surface area contributed by atoms with E-state index in [1.54, 1.807) is 10.7 Å². The molecule has 128 valence electrons. The Morgan fingerprint density at radius 3 is 2.62 bits per heavy atom. The molecule has 0 radical (unpaired) electrons. The molecule has 2 aliphatic rings. The summed E-state index contributed by atoms with van der Waals surface area (Å²) in [5, 5.41) is 8.00. The summed E-state index contributed by atoms with van der Waals surface area (Å²) in [7, 11) is 0. The lowest BCUT2D eigenvalue weighted by molar-refractivity contribution is -0.0361. The van der Waals surface area contributed by atoms with Crippen molar-refractivity contribution in [3.63, 3.8) is 0 Å². The van der Waals surface area contributed by atoms with Gasteiger partial charge in [-0.1, -0.05) is 11.6 Å². The van der Waals surface area contributed by atoms with Gasteiger partial charge in [-0.3, -0.25) is 0 Å². The van der Waals surface area contributed by atoms with Gasteiger partial charge in [0.1, 0.15) is 11.0 Å². The van der Waals surface area contributed by atoms with Crippen LogP contribution in [0.5, 0.6) is 0 Å². The first-order valence-corrected chi connectivity index (χ1v) is 8.61. The number of aromatic nitrogens is 4. The van der Waals surface area contributed by atoms with Gasteiger partial charge in [0.2, 0.25) is 5.92 Å². The fourth-order valence-electron chi connectivity index (χ4n) is 3.02. The van der Waals surface area contributed by atoms with E-state index >= 15 is 0 Å². The van der Waals surface area contributed by atoms with E-state index in [2.05, 4.69) is 20.4 Å². The van der Waals surface area contributed by atoms with Crippen LogP contribution in [0.15, 0.2) is 18.3 Å². The van der Waals surface area contributed by atoms with Gasteiger partial charge in [0.15, 0.2) is 0 Å². The summed E-state index contributed by atoms with van der Waals surface area (Å²) in [6.07, 6.45) is 4.80. The average molecular weight is 354 g/mol. The second-order valence-electron chi connectivity index (χ2n) is 6.61. The third kappa shape index (κ3) is 3.50. The lowest BCUT2D eigenvalue weighted by Gasteiger charge is -2.29. The van der Waals surface area contributed by atoms with Crippen LogP contribution in [0.1, 0.15) is 50.1 Å². The topological polar surface area (TPSA) is 55.6 Å². The Kier molecular flexibility index (Phi) is 3.90. The number of rotatable bonds is 4. The molecular formula is C16H18ClF2N5. The van der Waals surface area contributed by atoms with E-state index in [0.29, 0.717) is 35.7 Å². The lowest BCUT2D eigenvalue weighted by Crippen LogP contribution is -2.32. The number of halogens is 3. The number of nitrogens with one attached hydrogen (secondary N) is 1. The van der Waals surface area contributed by atoms with Crippen LogP contribution in [-0.4, -0.2) is 31.7 Å². The molecule has 24 heavy (non-hydrogen) atoms. The van der Waals surface area contributed by atoms with Crippen LogP contribution in [0.3, 0.4) is 0 Å². The summed E-state index contributed by atoms with van der Waals surface area (Å²) < 4.78 is 28.1. The molecule has 0 atom stereocenters. The van der Waals surface area contributed by atoms with Gasteiger partial charge < -0.3 is 5.32 Å². The zero-order chi connectivity index (χ0) is 16.7. The van der Waals surface area contributed by atoms with Gasteiger partial charge in [-0.05, 0) is 31.7 Å². The van der Waals surface area contributed by atoms with E-state index in [0.717, 1.165) is 5.69 Å². The molecule has 2 fully saturated rings. The molecular weight excluding hydrogens is 336 g/mol. The maximum atomic E-state index is 13.3.